The van der Waals surface area contributed by atoms with Gasteiger partial charge in [-0.1, -0.05) is 23.8 Å². The number of carbonyl (C=O) groups is 2. The SMILES string of the molecule is CCOC(=O)c1cc([N+](=O)[O-])sc1NC(=O)c1cccc(NS(=O)(=O)c2ccc(C)cc2)c1. The number of ether oxygens (including phenoxy) is 1. The van der Waals surface area contributed by atoms with Gasteiger partial charge in [0.25, 0.3) is 15.9 Å². The van der Waals surface area contributed by atoms with Gasteiger partial charge in [-0.05, 0) is 55.5 Å². The van der Waals surface area contributed by atoms with E-state index in [-0.39, 0.29) is 38.3 Å². The standard InChI is InChI=1S/C21H19N3O7S2/c1-3-31-21(26)17-12-18(24(27)28)32-20(17)22-19(25)14-5-4-6-15(11-14)23-33(29,30)16-9-7-13(2)8-10-16/h4-12,23H,3H2,1-2H3,(H,22,25). The summed E-state index contributed by atoms with van der Waals surface area (Å²) in [6, 6.07) is 13.0. The van der Waals surface area contributed by atoms with Crippen molar-refractivity contribution in [2.45, 2.75) is 18.7 Å². The number of thiophene rings is 1. The zero-order chi connectivity index (χ0) is 24.2. The minimum atomic E-state index is -3.88. The van der Waals surface area contributed by atoms with E-state index < -0.39 is 26.8 Å². The number of nitrogens with one attached hydrogen (secondary N) is 2. The molecular formula is C21H19N3O7S2. The average molecular weight is 490 g/mol. The third-order valence-corrected chi connectivity index (χ3v) is 6.73. The van der Waals surface area contributed by atoms with Gasteiger partial charge in [0.2, 0.25) is 0 Å². The highest BCUT2D eigenvalue weighted by molar-refractivity contribution is 7.92. The number of sulfonamides is 1. The van der Waals surface area contributed by atoms with Gasteiger partial charge >= 0.3 is 11.0 Å². The molecule has 0 saturated heterocycles. The van der Waals surface area contributed by atoms with Crippen molar-refractivity contribution in [3.05, 3.63) is 81.4 Å². The first kappa shape index (κ1) is 23.9. The molecule has 2 N–H and O–H groups in total. The van der Waals surface area contributed by atoms with Gasteiger partial charge in [-0.2, -0.15) is 0 Å². The second-order valence-corrected chi connectivity index (χ2v) is 9.47. The van der Waals surface area contributed by atoms with Crippen molar-refractivity contribution in [1.82, 2.24) is 0 Å². The average Bonchev–Trinajstić information content (AvgIpc) is 3.18. The summed E-state index contributed by atoms with van der Waals surface area (Å²) in [6.07, 6.45) is 0. The van der Waals surface area contributed by atoms with E-state index in [0.717, 1.165) is 11.6 Å². The van der Waals surface area contributed by atoms with E-state index in [0.29, 0.717) is 11.3 Å². The molecule has 12 heteroatoms. The predicted octanol–water partition coefficient (Wildman–Crippen LogP) is 4.19. The molecule has 0 aliphatic heterocycles. The number of hydrogen-bond donors (Lipinski definition) is 2. The van der Waals surface area contributed by atoms with Crippen molar-refractivity contribution >= 4 is 48.9 Å². The number of nitro groups is 1. The molecule has 0 fully saturated rings. The highest BCUT2D eigenvalue weighted by atomic mass is 32.2. The lowest BCUT2D eigenvalue weighted by Gasteiger charge is -2.10. The molecule has 172 valence electrons. The Morgan fingerprint density at radius 2 is 1.82 bits per heavy atom. The van der Waals surface area contributed by atoms with Gasteiger partial charge in [0.05, 0.1) is 16.4 Å². The Morgan fingerprint density at radius 1 is 1.12 bits per heavy atom. The molecule has 0 bridgehead atoms. The van der Waals surface area contributed by atoms with Gasteiger partial charge in [0.1, 0.15) is 10.6 Å². The number of carbonyl (C=O) groups excluding carboxylic acids is 2. The van der Waals surface area contributed by atoms with Crippen LogP contribution in [0, 0.1) is 17.0 Å². The number of aryl methyl sites for hydroxylation is 1. The van der Waals surface area contributed by atoms with E-state index in [2.05, 4.69) is 10.0 Å². The molecule has 10 nitrogen and oxygen atoms in total. The third-order valence-electron chi connectivity index (χ3n) is 4.33. The van der Waals surface area contributed by atoms with Crippen LogP contribution in [0.2, 0.25) is 0 Å². The van der Waals surface area contributed by atoms with E-state index in [1.807, 2.05) is 6.92 Å². The zero-order valence-corrected chi connectivity index (χ0v) is 19.2. The Bertz CT molecular complexity index is 1320. The fourth-order valence-electron chi connectivity index (χ4n) is 2.75. The molecule has 1 aromatic heterocycles. The van der Waals surface area contributed by atoms with Crippen molar-refractivity contribution in [3.8, 4) is 0 Å². The van der Waals surface area contributed by atoms with Gasteiger partial charge < -0.3 is 10.1 Å². The molecule has 0 atom stereocenters. The quantitative estimate of drug-likeness (QED) is 0.274. The first-order chi connectivity index (χ1) is 15.6. The highest BCUT2D eigenvalue weighted by Gasteiger charge is 2.24. The number of nitrogens with zero attached hydrogens (tertiary/aromatic N) is 1. The second-order valence-electron chi connectivity index (χ2n) is 6.76. The van der Waals surface area contributed by atoms with Crippen LogP contribution in [0.15, 0.2) is 59.5 Å². The maximum Gasteiger partial charge on any atom is 0.341 e. The molecule has 0 unspecified atom stereocenters. The minimum absolute atomic E-state index is 0.0456. The van der Waals surface area contributed by atoms with Gasteiger partial charge in [-0.25, -0.2) is 13.2 Å². The lowest BCUT2D eigenvalue weighted by Crippen LogP contribution is -2.16. The smallest absolute Gasteiger partial charge is 0.341 e. The maximum absolute atomic E-state index is 12.7. The van der Waals surface area contributed by atoms with E-state index in [9.17, 15) is 28.1 Å². The topological polar surface area (TPSA) is 145 Å². The summed E-state index contributed by atoms with van der Waals surface area (Å²) in [5, 5.41) is 13.2. The molecule has 1 heterocycles. The maximum atomic E-state index is 12.7. The molecule has 33 heavy (non-hydrogen) atoms. The lowest BCUT2D eigenvalue weighted by molar-refractivity contribution is -0.380. The first-order valence-electron chi connectivity index (χ1n) is 9.57. The Balaban J connectivity index is 1.84. The summed E-state index contributed by atoms with van der Waals surface area (Å²) in [7, 11) is -3.88. The predicted molar refractivity (Wildman–Crippen MR) is 123 cm³/mol. The van der Waals surface area contributed by atoms with Crippen molar-refractivity contribution in [3.63, 3.8) is 0 Å². The third kappa shape index (κ3) is 5.73. The van der Waals surface area contributed by atoms with Crippen molar-refractivity contribution in [1.29, 1.82) is 0 Å². The molecule has 3 aromatic rings. The van der Waals surface area contributed by atoms with Gasteiger partial charge in [-0.3, -0.25) is 19.6 Å². The molecule has 0 aliphatic rings. The molecule has 1 amide bonds. The van der Waals surface area contributed by atoms with Crippen molar-refractivity contribution < 1.29 is 27.7 Å². The summed E-state index contributed by atoms with van der Waals surface area (Å²) in [5.74, 6) is -1.49. The van der Waals surface area contributed by atoms with Crippen molar-refractivity contribution in [2.75, 3.05) is 16.6 Å². The zero-order valence-electron chi connectivity index (χ0n) is 17.5. The van der Waals surface area contributed by atoms with Crippen LogP contribution in [0.3, 0.4) is 0 Å². The van der Waals surface area contributed by atoms with E-state index in [1.165, 1.54) is 36.4 Å². The van der Waals surface area contributed by atoms with Crippen LogP contribution < -0.4 is 10.0 Å². The number of benzene rings is 2. The summed E-state index contributed by atoms with van der Waals surface area (Å²) < 4.78 is 32.5. The number of amides is 1. The van der Waals surface area contributed by atoms with Crippen LogP contribution >= 0.6 is 11.3 Å². The van der Waals surface area contributed by atoms with E-state index in [4.69, 9.17) is 4.74 Å². The first-order valence-corrected chi connectivity index (χ1v) is 11.9. The molecule has 0 saturated carbocycles. The normalized spacial score (nSPS) is 11.0. The Morgan fingerprint density at radius 3 is 2.45 bits per heavy atom. The summed E-state index contributed by atoms with van der Waals surface area (Å²) >= 11 is 0.614. The van der Waals surface area contributed by atoms with Crippen LogP contribution in [-0.4, -0.2) is 31.8 Å². The number of anilines is 2. The lowest BCUT2D eigenvalue weighted by atomic mass is 10.2. The molecule has 0 spiro atoms. The van der Waals surface area contributed by atoms with Crippen LogP contribution in [-0.2, 0) is 14.8 Å². The van der Waals surface area contributed by atoms with Gasteiger partial charge in [0.15, 0.2) is 0 Å². The Kier molecular flexibility index (Phi) is 7.09. The minimum Gasteiger partial charge on any atom is -0.462 e. The number of rotatable bonds is 8. The molecule has 3 rings (SSSR count). The second kappa shape index (κ2) is 9.79. The monoisotopic (exact) mass is 489 g/mol. The van der Waals surface area contributed by atoms with Crippen LogP contribution in [0.25, 0.3) is 0 Å². The highest BCUT2D eigenvalue weighted by Crippen LogP contribution is 2.34. The number of esters is 1. The molecule has 0 aliphatic carbocycles. The molecule has 0 radical (unpaired) electrons. The fraction of sp³-hybridized carbons (Fsp3) is 0.143. The number of hydrogen-bond acceptors (Lipinski definition) is 8. The summed E-state index contributed by atoms with van der Waals surface area (Å²) in [4.78, 5) is 35.4. The Labute approximate surface area is 193 Å². The largest absolute Gasteiger partial charge is 0.462 e. The molecular weight excluding hydrogens is 470 g/mol. The van der Waals surface area contributed by atoms with Gasteiger partial charge in [-0.15, -0.1) is 0 Å². The van der Waals surface area contributed by atoms with Crippen LogP contribution in [0.1, 0.15) is 33.2 Å². The van der Waals surface area contributed by atoms with Gasteiger partial charge in [0, 0.05) is 17.3 Å². The molecule has 2 aromatic carbocycles. The van der Waals surface area contributed by atoms with E-state index >= 15 is 0 Å². The van der Waals surface area contributed by atoms with E-state index in [1.54, 1.807) is 19.1 Å². The summed E-state index contributed by atoms with van der Waals surface area (Å²) in [6.45, 7) is 3.47. The van der Waals surface area contributed by atoms with Crippen LogP contribution in [0.4, 0.5) is 15.7 Å². The summed E-state index contributed by atoms with van der Waals surface area (Å²) in [5.41, 5.74) is 0.984. The van der Waals surface area contributed by atoms with Crippen LogP contribution in [0.5, 0.6) is 0 Å². The Hall–Kier alpha value is -3.77. The fourth-order valence-corrected chi connectivity index (χ4v) is 4.66. The van der Waals surface area contributed by atoms with Crippen molar-refractivity contribution in [2.24, 2.45) is 0 Å².